The summed E-state index contributed by atoms with van der Waals surface area (Å²) in [6.45, 7) is 8.36. The lowest BCUT2D eigenvalue weighted by Gasteiger charge is -2.56. The van der Waals surface area contributed by atoms with Gasteiger partial charge in [-0.25, -0.2) is 0 Å². The maximum atomic E-state index is 13.6. The smallest absolute Gasteiger partial charge is 0.303 e. The Kier molecular flexibility index (Phi) is 4.69. The van der Waals surface area contributed by atoms with Gasteiger partial charge in [0.2, 0.25) is 5.78 Å². The Morgan fingerprint density at radius 2 is 1.88 bits per heavy atom. The van der Waals surface area contributed by atoms with Crippen LogP contribution in [-0.4, -0.2) is 47.4 Å². The fourth-order valence-corrected chi connectivity index (χ4v) is 8.34. The molecule has 0 bridgehead atoms. The molecule has 7 heteroatoms. The quantitative estimate of drug-likeness (QED) is 0.473. The van der Waals surface area contributed by atoms with Crippen molar-refractivity contribution in [3.63, 3.8) is 0 Å². The summed E-state index contributed by atoms with van der Waals surface area (Å²) in [6, 6.07) is 0. The Labute approximate surface area is 193 Å². The number of allylic oxidation sites excluding steroid dienone is 2. The third-order valence-corrected chi connectivity index (χ3v) is 9.60. The highest BCUT2D eigenvalue weighted by atomic mass is 16.6. The van der Waals surface area contributed by atoms with E-state index in [1.807, 2.05) is 13.0 Å². The number of hydrogen-bond acceptors (Lipinski definition) is 7. The number of carbonyl (C=O) groups excluding carboxylic acids is 4. The first-order chi connectivity index (χ1) is 15.4. The molecule has 1 heterocycles. The molecule has 3 saturated carbocycles. The van der Waals surface area contributed by atoms with Crippen molar-refractivity contribution in [1.82, 2.24) is 0 Å². The molecule has 0 aromatic carbocycles. The zero-order valence-electron chi connectivity index (χ0n) is 19.9. The summed E-state index contributed by atoms with van der Waals surface area (Å²) < 4.78 is 17.6. The van der Waals surface area contributed by atoms with Crippen LogP contribution < -0.4 is 0 Å². The molecule has 1 saturated heterocycles. The Balaban J connectivity index is 1.57. The van der Waals surface area contributed by atoms with Crippen molar-refractivity contribution >= 4 is 23.5 Å². The number of fused-ring (bicyclic) bond motifs is 3. The Bertz CT molecular complexity index is 1030. The van der Waals surface area contributed by atoms with Crippen LogP contribution in [0.3, 0.4) is 0 Å². The highest BCUT2D eigenvalue weighted by Crippen LogP contribution is 2.76. The molecule has 178 valence electrons. The number of carbonyl (C=O) groups is 4. The van der Waals surface area contributed by atoms with E-state index in [1.54, 1.807) is 12.2 Å². The van der Waals surface area contributed by atoms with E-state index in [-0.39, 0.29) is 40.8 Å². The van der Waals surface area contributed by atoms with Crippen LogP contribution in [0.4, 0.5) is 0 Å². The van der Waals surface area contributed by atoms with E-state index in [4.69, 9.17) is 14.2 Å². The van der Waals surface area contributed by atoms with Gasteiger partial charge in [-0.1, -0.05) is 25.5 Å². The van der Waals surface area contributed by atoms with Crippen molar-refractivity contribution < 1.29 is 33.4 Å². The van der Waals surface area contributed by atoms with Gasteiger partial charge < -0.3 is 14.2 Å². The van der Waals surface area contributed by atoms with E-state index in [2.05, 4.69) is 13.8 Å². The van der Waals surface area contributed by atoms with Crippen LogP contribution in [0.15, 0.2) is 23.8 Å². The van der Waals surface area contributed by atoms with E-state index in [1.165, 1.54) is 13.8 Å². The van der Waals surface area contributed by atoms with E-state index in [0.717, 1.165) is 24.8 Å². The molecule has 8 atom stereocenters. The highest BCUT2D eigenvalue weighted by molar-refractivity contribution is 6.01. The fraction of sp³-hybridized carbons (Fsp3) is 0.692. The predicted molar refractivity (Wildman–Crippen MR) is 117 cm³/mol. The highest BCUT2D eigenvalue weighted by Gasteiger charge is 2.83. The molecule has 5 aliphatic rings. The summed E-state index contributed by atoms with van der Waals surface area (Å²) in [4.78, 5) is 49.4. The maximum absolute atomic E-state index is 13.6. The van der Waals surface area contributed by atoms with Gasteiger partial charge in [0.05, 0.1) is 6.10 Å². The molecular formula is C26H32O7. The molecule has 0 N–H and O–H groups in total. The number of rotatable bonds is 4. The molecule has 0 amide bonds. The summed E-state index contributed by atoms with van der Waals surface area (Å²) in [5.41, 5.74) is -1.64. The number of ketones is 2. The lowest BCUT2D eigenvalue weighted by molar-refractivity contribution is -0.193. The van der Waals surface area contributed by atoms with Crippen molar-refractivity contribution in [2.45, 2.75) is 77.6 Å². The molecule has 7 nitrogen and oxygen atoms in total. The van der Waals surface area contributed by atoms with Crippen LogP contribution in [0.1, 0.15) is 60.3 Å². The van der Waals surface area contributed by atoms with Crippen LogP contribution in [-0.2, 0) is 33.4 Å². The topological polar surface area (TPSA) is 99.3 Å². The molecule has 0 aromatic rings. The van der Waals surface area contributed by atoms with Crippen molar-refractivity contribution in [2.75, 3.05) is 6.61 Å². The monoisotopic (exact) mass is 456 g/mol. The van der Waals surface area contributed by atoms with Gasteiger partial charge in [-0.2, -0.15) is 0 Å². The van der Waals surface area contributed by atoms with Crippen LogP contribution >= 0.6 is 0 Å². The van der Waals surface area contributed by atoms with E-state index < -0.39 is 35.2 Å². The Morgan fingerprint density at radius 1 is 1.15 bits per heavy atom. The second-order valence-electron chi connectivity index (χ2n) is 11.0. The van der Waals surface area contributed by atoms with Crippen molar-refractivity contribution in [3.05, 3.63) is 23.8 Å². The zero-order valence-corrected chi connectivity index (χ0v) is 19.9. The van der Waals surface area contributed by atoms with Gasteiger partial charge in [0.25, 0.3) is 0 Å². The third-order valence-electron chi connectivity index (χ3n) is 9.60. The number of hydrogen-bond donors (Lipinski definition) is 0. The molecule has 1 spiro atoms. The van der Waals surface area contributed by atoms with Crippen molar-refractivity contribution in [3.8, 4) is 0 Å². The minimum atomic E-state index is -1.37. The zero-order chi connectivity index (χ0) is 24.0. The number of esters is 2. The summed E-state index contributed by atoms with van der Waals surface area (Å²) >= 11 is 0. The summed E-state index contributed by atoms with van der Waals surface area (Å²) in [5, 5.41) is 0. The van der Waals surface area contributed by atoms with Gasteiger partial charge >= 0.3 is 11.9 Å². The van der Waals surface area contributed by atoms with Crippen LogP contribution in [0.25, 0.3) is 0 Å². The Morgan fingerprint density at radius 3 is 2.55 bits per heavy atom. The molecule has 1 aliphatic heterocycles. The van der Waals surface area contributed by atoms with Gasteiger partial charge in [0.1, 0.15) is 5.60 Å². The molecule has 0 unspecified atom stereocenters. The minimum Gasteiger partial charge on any atom is -0.458 e. The van der Waals surface area contributed by atoms with Gasteiger partial charge in [-0.3, -0.25) is 19.2 Å². The first-order valence-electron chi connectivity index (χ1n) is 11.9. The van der Waals surface area contributed by atoms with Crippen molar-refractivity contribution in [2.24, 2.45) is 28.6 Å². The first-order valence-corrected chi connectivity index (χ1v) is 11.9. The van der Waals surface area contributed by atoms with Crippen LogP contribution in [0.2, 0.25) is 0 Å². The number of ether oxygens (including phenoxy) is 3. The van der Waals surface area contributed by atoms with E-state index in [9.17, 15) is 19.2 Å². The van der Waals surface area contributed by atoms with Crippen LogP contribution in [0.5, 0.6) is 0 Å². The number of epoxide rings is 1. The molecule has 33 heavy (non-hydrogen) atoms. The third kappa shape index (κ3) is 2.66. The predicted octanol–water partition coefficient (Wildman–Crippen LogP) is 3.11. The number of Topliss-reactive ketones (excluding diaryl/α,β-unsaturated/α-hetero) is 1. The van der Waals surface area contributed by atoms with E-state index >= 15 is 0 Å². The second-order valence-corrected chi connectivity index (χ2v) is 11.0. The van der Waals surface area contributed by atoms with Crippen LogP contribution in [0, 0.1) is 28.6 Å². The maximum Gasteiger partial charge on any atom is 0.303 e. The largest absolute Gasteiger partial charge is 0.458 e. The fourth-order valence-electron chi connectivity index (χ4n) is 8.34. The Hall–Kier alpha value is -2.28. The standard InChI is InChI=1S/C26H32O7/c1-14-10-20-19-7-6-17-11-18(29)8-9-23(17,4)26(19)22(33-26)12-24(20,5)25(14,32-16(3)28)21(30)13-31-15(2)27/h8-9,11,14,19-20,22H,6-7,10,12-13H2,1-5H3/t14-,19+,20+,22+,23+,24+,25+,26-/m1/s1. The van der Waals surface area contributed by atoms with Gasteiger partial charge in [0, 0.05) is 30.6 Å². The van der Waals surface area contributed by atoms with Gasteiger partial charge in [-0.15, -0.1) is 0 Å². The summed E-state index contributed by atoms with van der Waals surface area (Å²) in [7, 11) is 0. The van der Waals surface area contributed by atoms with Gasteiger partial charge in [-0.05, 0) is 56.6 Å². The lowest BCUT2D eigenvalue weighted by atomic mass is 9.46. The average Bonchev–Trinajstić information content (AvgIpc) is 3.40. The van der Waals surface area contributed by atoms with E-state index in [0.29, 0.717) is 6.42 Å². The normalized spacial score (nSPS) is 46.8. The molecular weight excluding hydrogens is 424 g/mol. The first kappa shape index (κ1) is 22.5. The second kappa shape index (κ2) is 6.87. The molecule has 0 aromatic heterocycles. The molecule has 5 rings (SSSR count). The SMILES string of the molecule is CC(=O)OCC(=O)[C@@]1(OC(C)=O)[C@H](C)C[C@H]2[C@@H]3CCC4=CC(=O)C=C[C@]4(C)[C@@]34O[C@H]4C[C@@]21C. The summed E-state index contributed by atoms with van der Waals surface area (Å²) in [5.74, 6) is -1.34. The summed E-state index contributed by atoms with van der Waals surface area (Å²) in [6.07, 6.45) is 8.29. The molecule has 4 aliphatic carbocycles. The minimum absolute atomic E-state index is 0.0228. The van der Waals surface area contributed by atoms with Crippen molar-refractivity contribution in [1.29, 1.82) is 0 Å². The molecule has 0 radical (unpaired) electrons. The van der Waals surface area contributed by atoms with Gasteiger partial charge in [0.15, 0.2) is 18.0 Å². The molecule has 4 fully saturated rings. The lowest BCUT2D eigenvalue weighted by Crippen LogP contribution is -2.63. The average molecular weight is 457 g/mol.